The van der Waals surface area contributed by atoms with Crippen molar-refractivity contribution in [3.63, 3.8) is 0 Å². The van der Waals surface area contributed by atoms with Crippen molar-refractivity contribution in [2.75, 3.05) is 24.8 Å². The van der Waals surface area contributed by atoms with Gasteiger partial charge < -0.3 is 20.5 Å². The second-order valence-corrected chi connectivity index (χ2v) is 7.69. The van der Waals surface area contributed by atoms with E-state index in [2.05, 4.69) is 23.9 Å². The average molecular weight is 363 g/mol. The van der Waals surface area contributed by atoms with Crippen LogP contribution in [0.2, 0.25) is 0 Å². The lowest BCUT2D eigenvalue weighted by atomic mass is 9.79. The molecule has 0 spiro atoms. The van der Waals surface area contributed by atoms with Crippen molar-refractivity contribution in [2.24, 2.45) is 11.8 Å². The van der Waals surface area contributed by atoms with Crippen LogP contribution in [0.5, 0.6) is 0 Å². The first kappa shape index (κ1) is 20.6. The van der Waals surface area contributed by atoms with E-state index in [1.54, 1.807) is 0 Å². The van der Waals surface area contributed by atoms with E-state index < -0.39 is 0 Å². The first-order chi connectivity index (χ1) is 12.4. The van der Waals surface area contributed by atoms with Gasteiger partial charge in [-0.25, -0.2) is 4.79 Å². The Bertz CT molecular complexity index is 583. The number of esters is 1. The number of nitrogens with one attached hydrogen (secondary N) is 1. The largest absolute Gasteiger partial charge is 0.467 e. The molecule has 0 radical (unpaired) electrons. The minimum absolute atomic E-state index is 0.0608. The summed E-state index contributed by atoms with van der Waals surface area (Å²) >= 11 is 0. The summed E-state index contributed by atoms with van der Waals surface area (Å²) in [6.45, 7) is 6.40. The van der Waals surface area contributed by atoms with Crippen LogP contribution < -0.4 is 11.1 Å². The van der Waals surface area contributed by atoms with Crippen LogP contribution in [0.25, 0.3) is 0 Å². The van der Waals surface area contributed by atoms with Crippen LogP contribution in [0.1, 0.15) is 64.5 Å². The van der Waals surface area contributed by atoms with Gasteiger partial charge in [0.2, 0.25) is 0 Å². The smallest absolute Gasteiger partial charge is 0.331 e. The number of rotatable bonds is 8. The molecular weight excluding hydrogens is 328 g/mol. The van der Waals surface area contributed by atoms with E-state index in [-0.39, 0.29) is 18.7 Å². The average Bonchev–Trinajstić information content (AvgIpc) is 2.65. The Kier molecular flexibility index (Phi) is 7.76. The Morgan fingerprint density at radius 3 is 2.50 bits per heavy atom. The zero-order valence-electron chi connectivity index (χ0n) is 16.6. The van der Waals surface area contributed by atoms with Gasteiger partial charge in [-0.1, -0.05) is 39.2 Å². The van der Waals surface area contributed by atoms with E-state index in [1.807, 2.05) is 25.1 Å². The van der Waals surface area contributed by atoms with Gasteiger partial charge in [-0.3, -0.25) is 0 Å². The van der Waals surface area contributed by atoms with Crippen molar-refractivity contribution >= 4 is 17.3 Å². The Balaban J connectivity index is 2.04. The first-order valence-electron chi connectivity index (χ1n) is 9.76. The summed E-state index contributed by atoms with van der Waals surface area (Å²) in [5.41, 5.74) is 8.97. The summed E-state index contributed by atoms with van der Waals surface area (Å²) in [6.07, 6.45) is 6.41. The van der Waals surface area contributed by atoms with E-state index >= 15 is 0 Å². The highest BCUT2D eigenvalue weighted by Gasteiger charge is 2.26. The quantitative estimate of drug-likeness (QED) is 0.525. The predicted molar refractivity (Wildman–Crippen MR) is 106 cm³/mol. The van der Waals surface area contributed by atoms with Gasteiger partial charge >= 0.3 is 5.97 Å². The molecule has 1 aliphatic rings. The van der Waals surface area contributed by atoms with Gasteiger partial charge in [-0.15, -0.1) is 0 Å². The van der Waals surface area contributed by atoms with Crippen molar-refractivity contribution < 1.29 is 14.3 Å². The Labute approximate surface area is 157 Å². The minimum Gasteiger partial charge on any atom is -0.467 e. The number of nitrogen functional groups attached to an aromatic ring is 1. The fourth-order valence-electron chi connectivity index (χ4n) is 3.82. The normalized spacial score (nSPS) is 17.7. The second kappa shape index (κ2) is 9.81. The molecule has 1 saturated carbocycles. The third-order valence-electron chi connectivity index (χ3n) is 5.42. The molecule has 2 atom stereocenters. The molecule has 0 aromatic heterocycles. The zero-order chi connectivity index (χ0) is 19.1. The molecule has 26 heavy (non-hydrogen) atoms. The van der Waals surface area contributed by atoms with Crippen molar-refractivity contribution in [3.8, 4) is 0 Å². The lowest BCUT2D eigenvalue weighted by Crippen LogP contribution is -2.35. The van der Waals surface area contributed by atoms with Crippen LogP contribution in [0, 0.1) is 11.8 Å². The Hall–Kier alpha value is -1.75. The highest BCUT2D eigenvalue weighted by Crippen LogP contribution is 2.33. The summed E-state index contributed by atoms with van der Waals surface area (Å²) in [4.78, 5) is 11.2. The fraction of sp³-hybridized carbons (Fsp3) is 0.667. The third-order valence-corrected chi connectivity index (χ3v) is 5.42. The van der Waals surface area contributed by atoms with E-state index in [0.29, 0.717) is 17.9 Å². The molecule has 1 aromatic carbocycles. The number of hydrogen-bond acceptors (Lipinski definition) is 5. The molecule has 3 N–H and O–H groups in total. The van der Waals surface area contributed by atoms with E-state index in [0.717, 1.165) is 16.9 Å². The molecule has 2 rings (SSSR count). The highest BCUT2D eigenvalue weighted by atomic mass is 16.6. The number of anilines is 2. The van der Waals surface area contributed by atoms with Gasteiger partial charge in [0.15, 0.2) is 0 Å². The minimum atomic E-state index is -0.379. The van der Waals surface area contributed by atoms with Crippen LogP contribution in [-0.4, -0.2) is 25.7 Å². The van der Waals surface area contributed by atoms with Gasteiger partial charge in [-0.2, -0.15) is 0 Å². The number of hydrogen-bond donors (Lipinski definition) is 2. The van der Waals surface area contributed by atoms with Crippen molar-refractivity contribution in [3.05, 3.63) is 23.8 Å². The lowest BCUT2D eigenvalue weighted by Gasteiger charge is -2.34. The van der Waals surface area contributed by atoms with Crippen LogP contribution in [0.4, 0.5) is 11.4 Å². The first-order valence-corrected chi connectivity index (χ1v) is 9.76. The molecule has 0 saturated heterocycles. The number of carbonyl (C=O) groups is 1. The number of nitrogens with two attached hydrogens (primary N) is 1. The molecule has 2 unspecified atom stereocenters. The number of benzene rings is 1. The molecule has 1 aliphatic carbocycles. The number of carbonyl (C=O) groups excluding carboxylic acids is 1. The van der Waals surface area contributed by atoms with Crippen LogP contribution in [0.15, 0.2) is 18.2 Å². The predicted octanol–water partition coefficient (Wildman–Crippen LogP) is 4.54. The summed E-state index contributed by atoms with van der Waals surface area (Å²) < 4.78 is 10.1. The van der Waals surface area contributed by atoms with Crippen molar-refractivity contribution in [1.29, 1.82) is 0 Å². The molecule has 0 heterocycles. The maximum absolute atomic E-state index is 11.2. The Morgan fingerprint density at radius 1 is 1.23 bits per heavy atom. The molecule has 0 amide bonds. The number of ether oxygens (including phenoxy) is 2. The molecule has 5 nitrogen and oxygen atoms in total. The van der Waals surface area contributed by atoms with E-state index in [1.165, 1.54) is 39.2 Å². The maximum Gasteiger partial charge on any atom is 0.331 e. The Morgan fingerprint density at radius 2 is 1.92 bits per heavy atom. The molecular formula is C21H34N2O3. The maximum atomic E-state index is 11.2. The van der Waals surface area contributed by atoms with E-state index in [9.17, 15) is 4.79 Å². The summed E-state index contributed by atoms with van der Waals surface area (Å²) in [5, 5.41) is 3.70. The standard InChI is InChI=1S/C21H34N2O3/c1-14(2)21(16-8-6-5-7-9-16)23-19-11-10-17(12-18(19)22)15(3)26-13-20(24)25-4/h10-12,14-16,21,23H,5-9,13,22H2,1-4H3. The summed E-state index contributed by atoms with van der Waals surface area (Å²) in [5.74, 6) is 0.889. The monoisotopic (exact) mass is 362 g/mol. The molecule has 0 aliphatic heterocycles. The highest BCUT2D eigenvalue weighted by molar-refractivity contribution is 5.70. The van der Waals surface area contributed by atoms with Gasteiger partial charge in [0.1, 0.15) is 6.61 Å². The number of methoxy groups -OCH3 is 1. The topological polar surface area (TPSA) is 73.6 Å². The lowest BCUT2D eigenvalue weighted by molar-refractivity contribution is -0.147. The second-order valence-electron chi connectivity index (χ2n) is 7.69. The van der Waals surface area contributed by atoms with Gasteiger partial charge in [0.05, 0.1) is 24.6 Å². The summed E-state index contributed by atoms with van der Waals surface area (Å²) in [6, 6.07) is 6.42. The fourth-order valence-corrected chi connectivity index (χ4v) is 3.82. The van der Waals surface area contributed by atoms with E-state index in [4.69, 9.17) is 10.5 Å². The summed E-state index contributed by atoms with van der Waals surface area (Å²) in [7, 11) is 1.35. The zero-order valence-corrected chi connectivity index (χ0v) is 16.6. The SMILES string of the molecule is COC(=O)COC(C)c1ccc(NC(C(C)C)C2CCCCC2)c(N)c1. The molecule has 5 heteroatoms. The van der Waals surface area contributed by atoms with Crippen molar-refractivity contribution in [1.82, 2.24) is 0 Å². The van der Waals surface area contributed by atoms with Gasteiger partial charge in [0.25, 0.3) is 0 Å². The van der Waals surface area contributed by atoms with Gasteiger partial charge in [-0.05, 0) is 49.3 Å². The molecule has 0 bridgehead atoms. The molecule has 146 valence electrons. The van der Waals surface area contributed by atoms with Crippen LogP contribution in [0.3, 0.4) is 0 Å². The molecule has 1 fully saturated rings. The van der Waals surface area contributed by atoms with Crippen LogP contribution >= 0.6 is 0 Å². The van der Waals surface area contributed by atoms with Gasteiger partial charge in [0, 0.05) is 6.04 Å². The molecule has 1 aromatic rings. The van der Waals surface area contributed by atoms with Crippen molar-refractivity contribution in [2.45, 2.75) is 65.0 Å². The van der Waals surface area contributed by atoms with Crippen LogP contribution in [-0.2, 0) is 14.3 Å². The third kappa shape index (κ3) is 5.63.